The number of hydrogen-bond donors (Lipinski definition) is 1. The van der Waals surface area contributed by atoms with E-state index in [-0.39, 0.29) is 0 Å². The second-order valence-corrected chi connectivity index (χ2v) is 4.69. The summed E-state index contributed by atoms with van der Waals surface area (Å²) in [5.74, 6) is 0. The molecule has 1 fully saturated rings. The van der Waals surface area contributed by atoms with Crippen LogP contribution in [0.4, 0.5) is 5.69 Å². The molecule has 1 aliphatic heterocycles. The number of rotatable bonds is 2. The van der Waals surface area contributed by atoms with E-state index in [0.717, 1.165) is 13.1 Å². The molecule has 0 saturated carbocycles. The fourth-order valence-electron chi connectivity index (χ4n) is 2.26. The Balaban J connectivity index is 2.09. The highest BCUT2D eigenvalue weighted by Gasteiger charge is 2.15. The van der Waals surface area contributed by atoms with Crippen molar-refractivity contribution in [1.29, 1.82) is 0 Å². The molecular formula is C14H22N2. The van der Waals surface area contributed by atoms with Gasteiger partial charge in [-0.15, -0.1) is 0 Å². The van der Waals surface area contributed by atoms with E-state index in [1.807, 2.05) is 0 Å². The summed E-state index contributed by atoms with van der Waals surface area (Å²) < 4.78 is 0. The lowest BCUT2D eigenvalue weighted by Crippen LogP contribution is -2.37. The molecule has 0 aromatic heterocycles. The van der Waals surface area contributed by atoms with Gasteiger partial charge in [-0.05, 0) is 38.4 Å². The van der Waals surface area contributed by atoms with Gasteiger partial charge in [0.2, 0.25) is 0 Å². The Kier molecular flexibility index (Phi) is 3.83. The van der Waals surface area contributed by atoms with Gasteiger partial charge in [0.05, 0.1) is 0 Å². The molecule has 0 radical (unpaired) electrons. The minimum absolute atomic E-state index is 0.642. The zero-order valence-corrected chi connectivity index (χ0v) is 10.4. The first kappa shape index (κ1) is 11.5. The number of nitrogens with zero attached hydrogens (tertiary/aromatic N) is 1. The predicted octanol–water partition coefficient (Wildman–Crippen LogP) is 2.57. The van der Waals surface area contributed by atoms with Gasteiger partial charge in [-0.1, -0.05) is 24.6 Å². The van der Waals surface area contributed by atoms with E-state index in [1.54, 1.807) is 0 Å². The molecule has 1 heterocycles. The molecule has 1 N–H and O–H groups in total. The fourth-order valence-corrected chi connectivity index (χ4v) is 2.26. The Morgan fingerprint density at radius 1 is 1.31 bits per heavy atom. The summed E-state index contributed by atoms with van der Waals surface area (Å²) in [6, 6.07) is 9.54. The molecule has 0 bridgehead atoms. The molecule has 1 saturated heterocycles. The first-order valence-electron chi connectivity index (χ1n) is 6.34. The van der Waals surface area contributed by atoms with Gasteiger partial charge in [0, 0.05) is 24.8 Å². The highest BCUT2D eigenvalue weighted by atomic mass is 15.2. The highest BCUT2D eigenvalue weighted by Crippen LogP contribution is 2.17. The van der Waals surface area contributed by atoms with Crippen molar-refractivity contribution in [2.24, 2.45) is 0 Å². The molecule has 1 aromatic rings. The molecule has 16 heavy (non-hydrogen) atoms. The van der Waals surface area contributed by atoms with E-state index in [9.17, 15) is 0 Å². The Hall–Kier alpha value is -1.02. The molecule has 0 aliphatic carbocycles. The van der Waals surface area contributed by atoms with Gasteiger partial charge >= 0.3 is 0 Å². The van der Waals surface area contributed by atoms with Gasteiger partial charge in [0.25, 0.3) is 0 Å². The lowest BCUT2D eigenvalue weighted by Gasteiger charge is -2.26. The summed E-state index contributed by atoms with van der Waals surface area (Å²) in [5, 5.41) is 3.60. The third-order valence-corrected chi connectivity index (χ3v) is 3.37. The molecule has 2 heteroatoms. The van der Waals surface area contributed by atoms with Gasteiger partial charge in [-0.2, -0.15) is 0 Å². The third-order valence-electron chi connectivity index (χ3n) is 3.37. The van der Waals surface area contributed by atoms with E-state index < -0.39 is 0 Å². The zero-order valence-electron chi connectivity index (χ0n) is 10.4. The van der Waals surface area contributed by atoms with Crippen LogP contribution >= 0.6 is 0 Å². The molecule has 0 amide bonds. The van der Waals surface area contributed by atoms with Crippen molar-refractivity contribution < 1.29 is 0 Å². The quantitative estimate of drug-likeness (QED) is 0.820. The van der Waals surface area contributed by atoms with E-state index in [1.165, 1.54) is 30.6 Å². The maximum atomic E-state index is 3.60. The van der Waals surface area contributed by atoms with Crippen LogP contribution in [0.5, 0.6) is 0 Å². The highest BCUT2D eigenvalue weighted by molar-refractivity contribution is 5.47. The molecule has 1 aromatic carbocycles. The van der Waals surface area contributed by atoms with Crippen molar-refractivity contribution in [3.05, 3.63) is 29.8 Å². The van der Waals surface area contributed by atoms with E-state index >= 15 is 0 Å². The summed E-state index contributed by atoms with van der Waals surface area (Å²) in [5.41, 5.74) is 2.71. The van der Waals surface area contributed by atoms with Gasteiger partial charge in [0.1, 0.15) is 0 Å². The summed E-state index contributed by atoms with van der Waals surface area (Å²) >= 11 is 0. The predicted molar refractivity (Wildman–Crippen MR) is 70.1 cm³/mol. The Bertz CT molecular complexity index is 318. The van der Waals surface area contributed by atoms with E-state index in [2.05, 4.69) is 48.3 Å². The number of benzene rings is 1. The molecule has 1 atom stereocenters. The average molecular weight is 218 g/mol. The number of nitrogens with one attached hydrogen (secondary N) is 1. The smallest absolute Gasteiger partial charge is 0.0366 e. The van der Waals surface area contributed by atoms with Gasteiger partial charge < -0.3 is 10.2 Å². The lowest BCUT2D eigenvalue weighted by atomic mass is 10.2. The van der Waals surface area contributed by atoms with Crippen molar-refractivity contribution >= 4 is 5.69 Å². The van der Waals surface area contributed by atoms with Crippen LogP contribution in [0.1, 0.15) is 25.3 Å². The molecule has 0 spiro atoms. The van der Waals surface area contributed by atoms with E-state index in [4.69, 9.17) is 0 Å². The first-order valence-corrected chi connectivity index (χ1v) is 6.34. The van der Waals surface area contributed by atoms with Gasteiger partial charge in [0.15, 0.2) is 0 Å². The molecule has 2 nitrogen and oxygen atoms in total. The minimum atomic E-state index is 0.642. The van der Waals surface area contributed by atoms with Crippen LogP contribution in [0.2, 0.25) is 0 Å². The Morgan fingerprint density at radius 3 is 2.75 bits per heavy atom. The van der Waals surface area contributed by atoms with Crippen LogP contribution in [0.3, 0.4) is 0 Å². The van der Waals surface area contributed by atoms with Crippen molar-refractivity contribution in [3.8, 4) is 0 Å². The molecule has 1 aliphatic rings. The SMILES string of the molecule is CCC1CN(c2ccc(C)cc2)CCCN1. The lowest BCUT2D eigenvalue weighted by molar-refractivity contribution is 0.528. The van der Waals surface area contributed by atoms with Crippen LogP contribution in [-0.2, 0) is 0 Å². The molecule has 2 rings (SSSR count). The molecule has 1 unspecified atom stereocenters. The normalized spacial score (nSPS) is 21.9. The second-order valence-electron chi connectivity index (χ2n) is 4.69. The van der Waals surface area contributed by atoms with Crippen LogP contribution in [0.15, 0.2) is 24.3 Å². The van der Waals surface area contributed by atoms with Crippen LogP contribution in [-0.4, -0.2) is 25.7 Å². The largest absolute Gasteiger partial charge is 0.370 e. The van der Waals surface area contributed by atoms with Gasteiger partial charge in [-0.25, -0.2) is 0 Å². The van der Waals surface area contributed by atoms with E-state index in [0.29, 0.717) is 6.04 Å². The number of hydrogen-bond acceptors (Lipinski definition) is 2. The van der Waals surface area contributed by atoms with Crippen LogP contribution in [0.25, 0.3) is 0 Å². The molecular weight excluding hydrogens is 196 g/mol. The first-order chi connectivity index (χ1) is 7.79. The maximum Gasteiger partial charge on any atom is 0.0366 e. The summed E-state index contributed by atoms with van der Waals surface area (Å²) in [6.45, 7) is 7.87. The Labute approximate surface area is 98.7 Å². The van der Waals surface area contributed by atoms with Crippen molar-refractivity contribution in [3.63, 3.8) is 0 Å². The number of anilines is 1. The zero-order chi connectivity index (χ0) is 11.4. The minimum Gasteiger partial charge on any atom is -0.370 e. The van der Waals surface area contributed by atoms with Crippen LogP contribution in [0, 0.1) is 6.92 Å². The van der Waals surface area contributed by atoms with Crippen molar-refractivity contribution in [1.82, 2.24) is 5.32 Å². The van der Waals surface area contributed by atoms with Gasteiger partial charge in [-0.3, -0.25) is 0 Å². The summed E-state index contributed by atoms with van der Waals surface area (Å²) in [7, 11) is 0. The third kappa shape index (κ3) is 2.76. The average Bonchev–Trinajstić information content (AvgIpc) is 2.55. The maximum absolute atomic E-state index is 3.60. The standard InChI is InChI=1S/C14H22N2/c1-3-13-11-16(10-4-9-15-13)14-7-5-12(2)6-8-14/h5-8,13,15H,3-4,9-11H2,1-2H3. The van der Waals surface area contributed by atoms with Crippen molar-refractivity contribution in [2.75, 3.05) is 24.5 Å². The monoisotopic (exact) mass is 218 g/mol. The molecule has 88 valence electrons. The Morgan fingerprint density at radius 2 is 2.06 bits per heavy atom. The fraction of sp³-hybridized carbons (Fsp3) is 0.571. The topological polar surface area (TPSA) is 15.3 Å². The number of aryl methyl sites for hydroxylation is 1. The van der Waals surface area contributed by atoms with Crippen molar-refractivity contribution in [2.45, 2.75) is 32.7 Å². The van der Waals surface area contributed by atoms with Crippen LogP contribution < -0.4 is 10.2 Å². The second kappa shape index (κ2) is 5.35. The summed E-state index contributed by atoms with van der Waals surface area (Å²) in [6.07, 6.45) is 2.45. The summed E-state index contributed by atoms with van der Waals surface area (Å²) in [4.78, 5) is 2.51.